The molecule has 0 bridgehead atoms. The van der Waals surface area contributed by atoms with Gasteiger partial charge in [-0.15, -0.1) is 0 Å². The summed E-state index contributed by atoms with van der Waals surface area (Å²) in [4.78, 5) is 16.5. The van der Waals surface area contributed by atoms with Crippen LogP contribution in [0.1, 0.15) is 49.3 Å². The first-order valence-corrected chi connectivity index (χ1v) is 13.9. The molecule has 1 spiro atoms. The zero-order valence-corrected chi connectivity index (χ0v) is 21.8. The lowest BCUT2D eigenvalue weighted by Crippen LogP contribution is -2.45. The Morgan fingerprint density at radius 3 is 2.76 bits per heavy atom. The second-order valence-corrected chi connectivity index (χ2v) is 10.7. The van der Waals surface area contributed by atoms with Crippen LogP contribution in [0.3, 0.4) is 0 Å². The Morgan fingerprint density at radius 1 is 1.05 bits per heavy atom. The molecule has 0 N–H and O–H groups in total. The molecule has 0 aliphatic carbocycles. The molecule has 38 heavy (non-hydrogen) atoms. The summed E-state index contributed by atoms with van der Waals surface area (Å²) in [5.74, 6) is 2.56. The molecule has 1 fully saturated rings. The summed E-state index contributed by atoms with van der Waals surface area (Å²) in [7, 11) is 0. The number of nitrogens with zero attached hydrogens (tertiary/aromatic N) is 1. The molecule has 4 aliphatic rings. The Bertz CT molecular complexity index is 1380. The Labute approximate surface area is 223 Å². The van der Waals surface area contributed by atoms with Crippen molar-refractivity contribution in [2.75, 3.05) is 37.9 Å². The van der Waals surface area contributed by atoms with E-state index in [-0.39, 0.29) is 18.6 Å². The van der Waals surface area contributed by atoms with Gasteiger partial charge in [0.1, 0.15) is 29.3 Å². The molecule has 7 rings (SSSR count). The third kappa shape index (κ3) is 3.61. The number of ether oxygens (including phenoxy) is 4. The van der Waals surface area contributed by atoms with Gasteiger partial charge in [0.25, 0.3) is 0 Å². The number of anilines is 1. The summed E-state index contributed by atoms with van der Waals surface area (Å²) >= 11 is 0. The van der Waals surface area contributed by atoms with Crippen molar-refractivity contribution in [3.8, 4) is 28.4 Å². The number of hydrogen-bond donors (Lipinski definition) is 0. The second-order valence-electron chi connectivity index (χ2n) is 10.7. The Balaban J connectivity index is 1.36. The molecular weight excluding hydrogens is 478 g/mol. The number of carbonyl (C=O) groups is 1. The summed E-state index contributed by atoms with van der Waals surface area (Å²) in [5.41, 5.74) is 5.31. The van der Waals surface area contributed by atoms with Crippen molar-refractivity contribution >= 4 is 11.6 Å². The number of rotatable bonds is 7. The van der Waals surface area contributed by atoms with E-state index in [4.69, 9.17) is 18.9 Å². The lowest BCUT2D eigenvalue weighted by Gasteiger charge is -2.25. The van der Waals surface area contributed by atoms with E-state index in [9.17, 15) is 4.79 Å². The molecule has 6 nitrogen and oxygen atoms in total. The van der Waals surface area contributed by atoms with Gasteiger partial charge in [-0.05, 0) is 60.2 Å². The molecule has 0 aromatic heterocycles. The summed E-state index contributed by atoms with van der Waals surface area (Å²) in [6, 6.07) is 18.7. The maximum absolute atomic E-state index is 14.6. The minimum absolute atomic E-state index is 0.0559. The second kappa shape index (κ2) is 9.35. The van der Waals surface area contributed by atoms with E-state index in [2.05, 4.69) is 43.3 Å². The Kier molecular flexibility index (Phi) is 5.81. The van der Waals surface area contributed by atoms with E-state index in [1.807, 2.05) is 23.1 Å². The quantitative estimate of drug-likeness (QED) is 0.383. The maximum atomic E-state index is 14.6. The summed E-state index contributed by atoms with van der Waals surface area (Å²) in [6.07, 6.45) is 5.05. The minimum Gasteiger partial charge on any atom is -0.494 e. The van der Waals surface area contributed by atoms with Crippen molar-refractivity contribution < 1.29 is 23.7 Å². The normalized spacial score (nSPS) is 22.8. The smallest absolute Gasteiger partial charge is 0.245 e. The first-order valence-electron chi connectivity index (χ1n) is 13.9. The molecule has 1 saturated heterocycles. The van der Waals surface area contributed by atoms with Gasteiger partial charge in [-0.3, -0.25) is 4.79 Å². The molecule has 1 amide bonds. The standard InChI is InChI=1S/C32H33NO5/c1-2-3-14-35-23-11-9-21(10-12-23)25-7-4-8-27-30(25)32(31(34)33(27)19-24-6-5-15-36-24)20-38-29-18-28-22(13-16-37-28)17-26(29)32/h4,7-12,17-18,24H,2-3,5-6,13-16,19-20H2,1H3. The van der Waals surface area contributed by atoms with Crippen LogP contribution in [0, 0.1) is 0 Å². The van der Waals surface area contributed by atoms with Crippen LogP contribution in [-0.4, -0.2) is 45.0 Å². The number of fused-ring (bicyclic) bond motifs is 5. The van der Waals surface area contributed by atoms with Crippen molar-refractivity contribution in [1.29, 1.82) is 0 Å². The van der Waals surface area contributed by atoms with E-state index in [0.29, 0.717) is 19.8 Å². The topological polar surface area (TPSA) is 57.2 Å². The lowest BCUT2D eigenvalue weighted by molar-refractivity contribution is -0.122. The highest BCUT2D eigenvalue weighted by atomic mass is 16.5. The van der Waals surface area contributed by atoms with Gasteiger partial charge in [0.05, 0.1) is 25.9 Å². The first kappa shape index (κ1) is 23.6. The van der Waals surface area contributed by atoms with Gasteiger partial charge in [0.2, 0.25) is 5.91 Å². The number of carbonyl (C=O) groups excluding carboxylic acids is 1. The fourth-order valence-corrected chi connectivity index (χ4v) is 6.45. The van der Waals surface area contributed by atoms with E-state index in [0.717, 1.165) is 89.5 Å². The Morgan fingerprint density at radius 2 is 1.95 bits per heavy atom. The number of unbranched alkanes of at least 4 members (excludes halogenated alkanes) is 1. The molecule has 4 heterocycles. The molecule has 0 saturated carbocycles. The van der Waals surface area contributed by atoms with Crippen LogP contribution in [0.2, 0.25) is 0 Å². The fraction of sp³-hybridized carbons (Fsp3) is 0.406. The molecule has 4 aliphatic heterocycles. The van der Waals surface area contributed by atoms with E-state index in [1.165, 1.54) is 0 Å². The van der Waals surface area contributed by atoms with E-state index in [1.54, 1.807) is 0 Å². The highest BCUT2D eigenvalue weighted by Gasteiger charge is 2.58. The number of benzene rings is 3. The minimum atomic E-state index is -0.895. The number of hydrogen-bond acceptors (Lipinski definition) is 5. The Hall–Kier alpha value is -3.51. The highest BCUT2D eigenvalue weighted by molar-refractivity contribution is 6.13. The van der Waals surface area contributed by atoms with Gasteiger partial charge in [-0.2, -0.15) is 0 Å². The van der Waals surface area contributed by atoms with Crippen molar-refractivity contribution in [2.24, 2.45) is 0 Å². The maximum Gasteiger partial charge on any atom is 0.245 e. The van der Waals surface area contributed by atoms with Crippen LogP contribution in [0.25, 0.3) is 11.1 Å². The molecule has 0 radical (unpaired) electrons. The summed E-state index contributed by atoms with van der Waals surface area (Å²) in [6.45, 7) is 5.15. The average Bonchev–Trinajstić information content (AvgIpc) is 3.73. The van der Waals surface area contributed by atoms with Crippen LogP contribution in [0.15, 0.2) is 54.6 Å². The molecule has 2 atom stereocenters. The number of amides is 1. The molecule has 2 unspecified atom stereocenters. The third-order valence-electron chi connectivity index (χ3n) is 8.41. The summed E-state index contributed by atoms with van der Waals surface area (Å²) in [5, 5.41) is 0. The predicted molar refractivity (Wildman–Crippen MR) is 146 cm³/mol. The van der Waals surface area contributed by atoms with E-state index >= 15 is 0 Å². The van der Waals surface area contributed by atoms with Crippen LogP contribution in [-0.2, 0) is 21.4 Å². The zero-order valence-electron chi connectivity index (χ0n) is 21.8. The van der Waals surface area contributed by atoms with Gasteiger partial charge < -0.3 is 23.8 Å². The predicted octanol–water partition coefficient (Wildman–Crippen LogP) is 5.67. The molecule has 3 aromatic rings. The van der Waals surface area contributed by atoms with E-state index < -0.39 is 5.41 Å². The average molecular weight is 512 g/mol. The van der Waals surface area contributed by atoms with Gasteiger partial charge in [-0.25, -0.2) is 0 Å². The summed E-state index contributed by atoms with van der Waals surface area (Å²) < 4.78 is 24.0. The van der Waals surface area contributed by atoms with Crippen molar-refractivity contribution in [3.63, 3.8) is 0 Å². The van der Waals surface area contributed by atoms with Crippen LogP contribution in [0.4, 0.5) is 5.69 Å². The van der Waals surface area contributed by atoms with Crippen LogP contribution in [0.5, 0.6) is 17.2 Å². The fourth-order valence-electron chi connectivity index (χ4n) is 6.45. The van der Waals surface area contributed by atoms with Gasteiger partial charge in [0, 0.05) is 35.9 Å². The van der Waals surface area contributed by atoms with Crippen molar-refractivity contribution in [2.45, 2.75) is 50.5 Å². The lowest BCUT2D eigenvalue weighted by atomic mass is 9.73. The van der Waals surface area contributed by atoms with Gasteiger partial charge in [0.15, 0.2) is 0 Å². The molecular formula is C32H33NO5. The van der Waals surface area contributed by atoms with Crippen molar-refractivity contribution in [3.05, 3.63) is 71.3 Å². The van der Waals surface area contributed by atoms with Crippen LogP contribution < -0.4 is 19.1 Å². The monoisotopic (exact) mass is 511 g/mol. The first-order chi connectivity index (χ1) is 18.7. The molecule has 3 aromatic carbocycles. The highest BCUT2D eigenvalue weighted by Crippen LogP contribution is 2.56. The van der Waals surface area contributed by atoms with Crippen molar-refractivity contribution in [1.82, 2.24) is 0 Å². The SMILES string of the molecule is CCCCOc1ccc(-c2cccc3c2C2(COc4cc5c(cc42)CCO5)C(=O)N3CC2CCCO2)cc1. The molecule has 196 valence electrons. The van der Waals surface area contributed by atoms with Gasteiger partial charge >= 0.3 is 0 Å². The largest absolute Gasteiger partial charge is 0.494 e. The zero-order chi connectivity index (χ0) is 25.7. The van der Waals surface area contributed by atoms with Crippen LogP contribution >= 0.6 is 0 Å². The molecule has 6 heteroatoms. The third-order valence-corrected chi connectivity index (χ3v) is 8.41. The van der Waals surface area contributed by atoms with Gasteiger partial charge in [-0.1, -0.05) is 37.6 Å².